The molecule has 0 aliphatic rings. The van der Waals surface area contributed by atoms with Crippen LogP contribution in [0.1, 0.15) is 5.56 Å². The van der Waals surface area contributed by atoms with Crippen molar-refractivity contribution in [3.63, 3.8) is 0 Å². The summed E-state index contributed by atoms with van der Waals surface area (Å²) in [6.07, 6.45) is 0. The molecule has 0 aliphatic carbocycles. The molecule has 2 rings (SSSR count). The number of benzene rings is 1. The third-order valence-corrected chi connectivity index (χ3v) is 2.45. The smallest absolute Gasteiger partial charge is 0.305 e. The maximum absolute atomic E-state index is 13.8. The summed E-state index contributed by atoms with van der Waals surface area (Å²) in [6.45, 7) is 1.44. The maximum atomic E-state index is 13.8. The van der Waals surface area contributed by atoms with Crippen molar-refractivity contribution < 1.29 is 18.2 Å². The third-order valence-electron chi connectivity index (χ3n) is 2.45. The molecule has 0 saturated heterocycles. The highest BCUT2D eigenvalue weighted by atomic mass is 19.1. The first kappa shape index (κ1) is 12.0. The van der Waals surface area contributed by atoms with Crippen molar-refractivity contribution in [1.82, 2.24) is 5.16 Å². The second kappa shape index (κ2) is 4.06. The molecule has 0 radical (unpaired) electrons. The van der Waals surface area contributed by atoms with Crippen LogP contribution in [0.25, 0.3) is 11.3 Å². The summed E-state index contributed by atoms with van der Waals surface area (Å²) < 4.78 is 32.1. The van der Waals surface area contributed by atoms with Crippen LogP contribution in [0.15, 0.2) is 16.7 Å². The molecule has 8 heteroatoms. The molecule has 94 valence electrons. The number of hydrogen-bond acceptors (Lipinski definition) is 5. The van der Waals surface area contributed by atoms with Gasteiger partial charge < -0.3 is 10.3 Å². The molecule has 6 nitrogen and oxygen atoms in total. The van der Waals surface area contributed by atoms with E-state index in [1.807, 2.05) is 0 Å². The van der Waals surface area contributed by atoms with Crippen molar-refractivity contribution in [1.29, 1.82) is 0 Å². The summed E-state index contributed by atoms with van der Waals surface area (Å²) in [5, 5.41) is 13.9. The second-order valence-electron chi connectivity index (χ2n) is 3.53. The van der Waals surface area contributed by atoms with E-state index in [1.54, 1.807) is 0 Å². The first-order valence-corrected chi connectivity index (χ1v) is 4.78. The van der Waals surface area contributed by atoms with Crippen molar-refractivity contribution in [2.45, 2.75) is 6.92 Å². The normalized spacial score (nSPS) is 10.6. The molecule has 0 spiro atoms. The first-order valence-electron chi connectivity index (χ1n) is 4.78. The zero-order valence-corrected chi connectivity index (χ0v) is 9.11. The number of nitro groups is 1. The lowest BCUT2D eigenvalue weighted by molar-refractivity contribution is -0.387. The lowest BCUT2D eigenvalue weighted by Gasteiger charge is -2.02. The average Bonchev–Trinajstić information content (AvgIpc) is 2.61. The Morgan fingerprint density at radius 1 is 1.44 bits per heavy atom. The Kier molecular flexibility index (Phi) is 2.70. The highest BCUT2D eigenvalue weighted by Gasteiger charge is 2.26. The Hall–Kier alpha value is -2.51. The first-order chi connectivity index (χ1) is 8.43. The quantitative estimate of drug-likeness (QED) is 0.656. The van der Waals surface area contributed by atoms with Crippen LogP contribution in [0.5, 0.6) is 0 Å². The Balaban J connectivity index is 2.75. The molecule has 0 unspecified atom stereocenters. The molecule has 1 aromatic carbocycles. The van der Waals surface area contributed by atoms with Crippen LogP contribution in [0.4, 0.5) is 20.3 Å². The maximum Gasteiger partial charge on any atom is 0.305 e. The SMILES string of the molecule is Cc1c(N)noc1-c1c(F)ccc([N+](=O)[O-])c1F. The van der Waals surface area contributed by atoms with Crippen molar-refractivity contribution in [2.24, 2.45) is 0 Å². The minimum absolute atomic E-state index is 0.0321. The molecular formula is C10H7F2N3O3. The van der Waals surface area contributed by atoms with E-state index in [2.05, 4.69) is 5.16 Å². The summed E-state index contributed by atoms with van der Waals surface area (Å²) in [5.41, 5.74) is 4.11. The number of hydrogen-bond donors (Lipinski definition) is 1. The standard InChI is InChI=1S/C10H7F2N3O3/c1-4-9(18-14-10(4)13)7-5(11)2-3-6(8(7)12)15(16)17/h2-3H,1H3,(H2,13,14). The van der Waals surface area contributed by atoms with Crippen LogP contribution in [0, 0.1) is 28.7 Å². The van der Waals surface area contributed by atoms with Crippen LogP contribution in [0.3, 0.4) is 0 Å². The molecule has 0 saturated carbocycles. The fraction of sp³-hybridized carbons (Fsp3) is 0.100. The molecule has 0 atom stereocenters. The summed E-state index contributed by atoms with van der Waals surface area (Å²) >= 11 is 0. The number of rotatable bonds is 2. The van der Waals surface area contributed by atoms with E-state index in [9.17, 15) is 18.9 Å². The van der Waals surface area contributed by atoms with E-state index in [0.29, 0.717) is 0 Å². The van der Waals surface area contributed by atoms with Crippen molar-refractivity contribution >= 4 is 11.5 Å². The van der Waals surface area contributed by atoms with Crippen LogP contribution in [0.2, 0.25) is 0 Å². The molecule has 2 N–H and O–H groups in total. The third kappa shape index (κ3) is 1.67. The van der Waals surface area contributed by atoms with Gasteiger partial charge in [0.25, 0.3) is 0 Å². The lowest BCUT2D eigenvalue weighted by atomic mass is 10.1. The Labute approximate surface area is 99.1 Å². The van der Waals surface area contributed by atoms with Crippen LogP contribution >= 0.6 is 0 Å². The highest BCUT2D eigenvalue weighted by Crippen LogP contribution is 2.34. The van der Waals surface area contributed by atoms with E-state index in [4.69, 9.17) is 10.3 Å². The Morgan fingerprint density at radius 3 is 2.61 bits per heavy atom. The highest BCUT2D eigenvalue weighted by molar-refractivity contribution is 5.69. The Bertz CT molecular complexity index is 640. The van der Waals surface area contributed by atoms with Gasteiger partial charge in [0.1, 0.15) is 5.82 Å². The van der Waals surface area contributed by atoms with E-state index in [1.165, 1.54) is 6.92 Å². The average molecular weight is 255 g/mol. The van der Waals surface area contributed by atoms with E-state index in [-0.39, 0.29) is 17.1 Å². The predicted molar refractivity (Wildman–Crippen MR) is 57.7 cm³/mol. The van der Waals surface area contributed by atoms with Crippen LogP contribution < -0.4 is 5.73 Å². The summed E-state index contributed by atoms with van der Waals surface area (Å²) in [5.74, 6) is -2.60. The van der Waals surface area contributed by atoms with E-state index < -0.39 is 27.8 Å². The van der Waals surface area contributed by atoms with Gasteiger partial charge in [-0.1, -0.05) is 5.16 Å². The topological polar surface area (TPSA) is 95.2 Å². The van der Waals surface area contributed by atoms with Gasteiger partial charge >= 0.3 is 5.69 Å². The molecule has 0 amide bonds. The number of aromatic nitrogens is 1. The molecule has 2 aromatic rings. The van der Waals surface area contributed by atoms with Crippen LogP contribution in [-0.4, -0.2) is 10.1 Å². The number of nitrogens with zero attached hydrogens (tertiary/aromatic N) is 2. The minimum atomic E-state index is -1.32. The van der Waals surface area contributed by atoms with Crippen molar-refractivity contribution in [2.75, 3.05) is 5.73 Å². The molecule has 1 heterocycles. The van der Waals surface area contributed by atoms with Gasteiger partial charge in [0.05, 0.1) is 10.5 Å². The Morgan fingerprint density at radius 2 is 2.11 bits per heavy atom. The molecule has 1 aromatic heterocycles. The van der Waals surface area contributed by atoms with Gasteiger partial charge in [0.15, 0.2) is 11.6 Å². The predicted octanol–water partition coefficient (Wildman–Crippen LogP) is 2.42. The zero-order chi connectivity index (χ0) is 13.4. The van der Waals surface area contributed by atoms with Gasteiger partial charge in [-0.15, -0.1) is 0 Å². The number of nitrogen functional groups attached to an aromatic ring is 1. The van der Waals surface area contributed by atoms with Crippen LogP contribution in [-0.2, 0) is 0 Å². The van der Waals surface area contributed by atoms with Crippen molar-refractivity contribution in [3.8, 4) is 11.3 Å². The van der Waals surface area contributed by atoms with Gasteiger partial charge in [-0.05, 0) is 13.0 Å². The van der Waals surface area contributed by atoms with E-state index in [0.717, 1.165) is 12.1 Å². The fourth-order valence-corrected chi connectivity index (χ4v) is 1.47. The number of anilines is 1. The fourth-order valence-electron chi connectivity index (χ4n) is 1.47. The van der Waals surface area contributed by atoms with Gasteiger partial charge in [-0.2, -0.15) is 4.39 Å². The molecule has 0 aliphatic heterocycles. The monoisotopic (exact) mass is 255 g/mol. The summed E-state index contributed by atoms with van der Waals surface area (Å²) in [6, 6.07) is 1.53. The number of nitrogens with two attached hydrogens (primary N) is 1. The number of nitro benzene ring substituents is 1. The van der Waals surface area contributed by atoms with E-state index >= 15 is 0 Å². The molecular weight excluding hydrogens is 248 g/mol. The van der Waals surface area contributed by atoms with Gasteiger partial charge in [0.2, 0.25) is 5.82 Å². The largest absolute Gasteiger partial charge is 0.381 e. The zero-order valence-electron chi connectivity index (χ0n) is 9.11. The van der Waals surface area contributed by atoms with Gasteiger partial charge in [-0.25, -0.2) is 4.39 Å². The second-order valence-corrected chi connectivity index (χ2v) is 3.53. The summed E-state index contributed by atoms with van der Waals surface area (Å²) in [4.78, 5) is 9.63. The summed E-state index contributed by atoms with van der Waals surface area (Å²) in [7, 11) is 0. The minimum Gasteiger partial charge on any atom is -0.381 e. The van der Waals surface area contributed by atoms with Gasteiger partial charge in [-0.3, -0.25) is 10.1 Å². The van der Waals surface area contributed by atoms with Gasteiger partial charge in [0, 0.05) is 11.6 Å². The lowest BCUT2D eigenvalue weighted by Crippen LogP contribution is -1.98. The number of halogens is 2. The molecule has 18 heavy (non-hydrogen) atoms. The molecule has 0 fully saturated rings. The van der Waals surface area contributed by atoms with Crippen molar-refractivity contribution in [3.05, 3.63) is 39.4 Å². The molecule has 0 bridgehead atoms.